The van der Waals surface area contributed by atoms with Crippen molar-refractivity contribution in [3.8, 4) is 0 Å². The summed E-state index contributed by atoms with van der Waals surface area (Å²) in [6.45, 7) is 8.03. The Labute approximate surface area is 115 Å². The van der Waals surface area contributed by atoms with Gasteiger partial charge in [-0.25, -0.2) is 0 Å². The van der Waals surface area contributed by atoms with E-state index < -0.39 is 0 Å². The quantitative estimate of drug-likeness (QED) is 0.832. The van der Waals surface area contributed by atoms with Crippen LogP contribution in [0.25, 0.3) is 10.9 Å². The molecule has 0 bridgehead atoms. The lowest BCUT2D eigenvalue weighted by atomic mass is 9.97. The van der Waals surface area contributed by atoms with Crippen LogP contribution >= 0.6 is 0 Å². The molecule has 1 fully saturated rings. The van der Waals surface area contributed by atoms with Gasteiger partial charge in [-0.1, -0.05) is 26.0 Å². The monoisotopic (exact) mass is 254 g/mol. The molecule has 0 aliphatic carbocycles. The summed E-state index contributed by atoms with van der Waals surface area (Å²) in [7, 11) is 0. The van der Waals surface area contributed by atoms with Crippen LogP contribution in [0.3, 0.4) is 0 Å². The molecule has 2 heteroatoms. The molecule has 19 heavy (non-hydrogen) atoms. The van der Waals surface area contributed by atoms with Crippen LogP contribution in [0, 0.1) is 0 Å². The first-order valence-corrected chi connectivity index (χ1v) is 7.41. The summed E-state index contributed by atoms with van der Waals surface area (Å²) >= 11 is 0. The second-order valence-corrected chi connectivity index (χ2v) is 5.53. The smallest absolute Gasteiger partial charge is 0.0705 e. The van der Waals surface area contributed by atoms with Crippen molar-refractivity contribution in [2.75, 3.05) is 19.6 Å². The predicted molar refractivity (Wildman–Crippen MR) is 80.6 cm³/mol. The normalized spacial score (nSPS) is 20.2. The molecule has 1 saturated heterocycles. The molecule has 2 nitrogen and oxygen atoms in total. The highest BCUT2D eigenvalue weighted by Crippen LogP contribution is 2.29. The van der Waals surface area contributed by atoms with Crippen molar-refractivity contribution in [1.82, 2.24) is 9.88 Å². The van der Waals surface area contributed by atoms with Gasteiger partial charge in [0.25, 0.3) is 0 Å². The minimum absolute atomic E-state index is 0.692. The van der Waals surface area contributed by atoms with Crippen molar-refractivity contribution >= 4 is 10.9 Å². The molecular formula is C17H22N2. The summed E-state index contributed by atoms with van der Waals surface area (Å²) in [5, 5.41) is 1.27. The Hall–Kier alpha value is -1.41. The molecule has 0 saturated carbocycles. The van der Waals surface area contributed by atoms with Gasteiger partial charge >= 0.3 is 0 Å². The topological polar surface area (TPSA) is 16.1 Å². The number of aryl methyl sites for hydroxylation is 1. The Kier molecular flexibility index (Phi) is 3.52. The van der Waals surface area contributed by atoms with Crippen LogP contribution in [0.2, 0.25) is 0 Å². The number of likely N-dealkylation sites (tertiary alicyclic amines) is 1. The van der Waals surface area contributed by atoms with Crippen molar-refractivity contribution in [1.29, 1.82) is 0 Å². The summed E-state index contributed by atoms with van der Waals surface area (Å²) in [4.78, 5) is 7.14. The van der Waals surface area contributed by atoms with E-state index in [2.05, 4.69) is 48.0 Å². The maximum absolute atomic E-state index is 4.61. The van der Waals surface area contributed by atoms with E-state index in [1.807, 2.05) is 6.20 Å². The van der Waals surface area contributed by atoms with Crippen LogP contribution in [-0.4, -0.2) is 29.5 Å². The molecule has 0 spiro atoms. The Morgan fingerprint density at radius 2 is 2.16 bits per heavy atom. The van der Waals surface area contributed by atoms with Crippen LogP contribution in [-0.2, 0) is 6.42 Å². The fourth-order valence-electron chi connectivity index (χ4n) is 3.02. The zero-order valence-electron chi connectivity index (χ0n) is 11.9. The summed E-state index contributed by atoms with van der Waals surface area (Å²) < 4.78 is 0. The molecule has 100 valence electrons. The highest BCUT2D eigenvalue weighted by Gasteiger charge is 2.22. The minimum atomic E-state index is 0.692. The second kappa shape index (κ2) is 5.30. The van der Waals surface area contributed by atoms with E-state index in [1.54, 1.807) is 0 Å². The second-order valence-electron chi connectivity index (χ2n) is 5.53. The largest absolute Gasteiger partial charge is 0.303 e. The van der Waals surface area contributed by atoms with Crippen molar-refractivity contribution in [2.24, 2.45) is 0 Å². The SMILES string of the molecule is CCc1cnc2cc(C3CCN(CC)C3)ccc2c1. The molecule has 2 aromatic rings. The Morgan fingerprint density at radius 3 is 2.89 bits per heavy atom. The average Bonchev–Trinajstić information content (AvgIpc) is 2.95. The third-order valence-electron chi connectivity index (χ3n) is 4.36. The van der Waals surface area contributed by atoms with Gasteiger partial charge in [0.2, 0.25) is 0 Å². The molecular weight excluding hydrogens is 232 g/mol. The maximum atomic E-state index is 4.61. The lowest BCUT2D eigenvalue weighted by molar-refractivity contribution is 0.354. The van der Waals surface area contributed by atoms with Crippen molar-refractivity contribution in [3.05, 3.63) is 41.6 Å². The number of rotatable bonds is 3. The van der Waals surface area contributed by atoms with Gasteiger partial charge in [-0.2, -0.15) is 0 Å². The number of nitrogens with zero attached hydrogens (tertiary/aromatic N) is 2. The van der Waals surface area contributed by atoms with Gasteiger partial charge in [-0.3, -0.25) is 4.98 Å². The van der Waals surface area contributed by atoms with E-state index in [1.165, 1.54) is 42.6 Å². The van der Waals surface area contributed by atoms with Gasteiger partial charge in [0.05, 0.1) is 5.52 Å². The van der Waals surface area contributed by atoms with E-state index in [0.717, 1.165) is 11.9 Å². The van der Waals surface area contributed by atoms with Crippen LogP contribution in [0.5, 0.6) is 0 Å². The number of fused-ring (bicyclic) bond motifs is 1. The first-order valence-electron chi connectivity index (χ1n) is 7.41. The summed E-state index contributed by atoms with van der Waals surface area (Å²) in [5.41, 5.74) is 3.92. The van der Waals surface area contributed by atoms with Crippen LogP contribution in [0.4, 0.5) is 0 Å². The lowest BCUT2D eigenvalue weighted by Gasteiger charge is -2.14. The van der Waals surface area contributed by atoms with Crippen LogP contribution < -0.4 is 0 Å². The fourth-order valence-corrected chi connectivity index (χ4v) is 3.02. The molecule has 1 aliphatic rings. The molecule has 3 rings (SSSR count). The highest BCUT2D eigenvalue weighted by molar-refractivity contribution is 5.79. The standard InChI is InChI=1S/C17H22N2/c1-3-13-9-15-6-5-14(10-17(15)18-11-13)16-7-8-19(4-2)12-16/h5-6,9-11,16H,3-4,7-8,12H2,1-2H3. The molecule has 1 aromatic heterocycles. The maximum Gasteiger partial charge on any atom is 0.0705 e. The molecule has 2 heterocycles. The number of pyridine rings is 1. The Balaban J connectivity index is 1.90. The fraction of sp³-hybridized carbons (Fsp3) is 0.471. The van der Waals surface area contributed by atoms with Crippen molar-refractivity contribution < 1.29 is 0 Å². The first-order chi connectivity index (χ1) is 9.30. The minimum Gasteiger partial charge on any atom is -0.303 e. The van der Waals surface area contributed by atoms with Gasteiger partial charge in [-0.05, 0) is 55.1 Å². The molecule has 0 radical (unpaired) electrons. The lowest BCUT2D eigenvalue weighted by Crippen LogP contribution is -2.19. The number of hydrogen-bond donors (Lipinski definition) is 0. The summed E-state index contributed by atoms with van der Waals surface area (Å²) in [6.07, 6.45) is 4.35. The Morgan fingerprint density at radius 1 is 1.26 bits per heavy atom. The number of benzene rings is 1. The number of aromatic nitrogens is 1. The number of likely N-dealkylation sites (N-methyl/N-ethyl adjacent to an activating group) is 1. The van der Waals surface area contributed by atoms with Crippen LogP contribution in [0.15, 0.2) is 30.5 Å². The number of hydrogen-bond acceptors (Lipinski definition) is 2. The van der Waals surface area contributed by atoms with E-state index in [0.29, 0.717) is 5.92 Å². The third kappa shape index (κ3) is 2.50. The van der Waals surface area contributed by atoms with E-state index >= 15 is 0 Å². The van der Waals surface area contributed by atoms with Crippen molar-refractivity contribution in [2.45, 2.75) is 32.6 Å². The molecule has 1 aromatic carbocycles. The Bertz CT molecular complexity index is 576. The van der Waals surface area contributed by atoms with Gasteiger partial charge in [-0.15, -0.1) is 0 Å². The summed E-state index contributed by atoms with van der Waals surface area (Å²) in [6, 6.07) is 9.09. The predicted octanol–water partition coefficient (Wildman–Crippen LogP) is 3.61. The van der Waals surface area contributed by atoms with Gasteiger partial charge < -0.3 is 4.90 Å². The molecule has 0 amide bonds. The molecule has 1 unspecified atom stereocenters. The third-order valence-corrected chi connectivity index (χ3v) is 4.36. The molecule has 1 aliphatic heterocycles. The average molecular weight is 254 g/mol. The zero-order chi connectivity index (χ0) is 13.2. The van der Waals surface area contributed by atoms with E-state index in [9.17, 15) is 0 Å². The van der Waals surface area contributed by atoms with Gasteiger partial charge in [0.15, 0.2) is 0 Å². The van der Waals surface area contributed by atoms with E-state index in [-0.39, 0.29) is 0 Å². The van der Waals surface area contributed by atoms with Crippen LogP contribution in [0.1, 0.15) is 37.3 Å². The molecule has 1 atom stereocenters. The van der Waals surface area contributed by atoms with Crippen molar-refractivity contribution in [3.63, 3.8) is 0 Å². The highest BCUT2D eigenvalue weighted by atomic mass is 15.1. The summed E-state index contributed by atoms with van der Waals surface area (Å²) in [5.74, 6) is 0.692. The first kappa shape index (κ1) is 12.6. The zero-order valence-corrected chi connectivity index (χ0v) is 11.9. The van der Waals surface area contributed by atoms with E-state index in [4.69, 9.17) is 0 Å². The van der Waals surface area contributed by atoms with Gasteiger partial charge in [0.1, 0.15) is 0 Å². The van der Waals surface area contributed by atoms with Gasteiger partial charge in [0, 0.05) is 18.1 Å². The molecule has 0 N–H and O–H groups in total.